The number of rotatable bonds is 5. The zero-order chi connectivity index (χ0) is 22.4. The van der Waals surface area contributed by atoms with Gasteiger partial charge in [0.15, 0.2) is 5.96 Å². The van der Waals surface area contributed by atoms with Crippen LogP contribution in [0.1, 0.15) is 31.9 Å². The van der Waals surface area contributed by atoms with Gasteiger partial charge in [-0.25, -0.2) is 0 Å². The molecule has 1 aromatic rings. The summed E-state index contributed by atoms with van der Waals surface area (Å²) in [5.41, 5.74) is -0.366. The lowest BCUT2D eigenvalue weighted by atomic mass is 9.96. The number of piperazine rings is 1. The van der Waals surface area contributed by atoms with Gasteiger partial charge in [0.05, 0.1) is 5.56 Å². The number of hydrogen-bond acceptors (Lipinski definition) is 3. The third-order valence-corrected chi connectivity index (χ3v) is 4.92. The van der Waals surface area contributed by atoms with Crippen LogP contribution in [-0.2, 0) is 17.5 Å². The molecule has 0 bridgehead atoms. The van der Waals surface area contributed by atoms with Gasteiger partial charge in [-0.3, -0.25) is 14.7 Å². The van der Waals surface area contributed by atoms with Crippen molar-refractivity contribution in [2.24, 2.45) is 10.4 Å². The molecule has 0 radical (unpaired) electrons. The van der Waals surface area contributed by atoms with Crippen LogP contribution >= 0.6 is 24.0 Å². The molecule has 1 saturated heterocycles. The number of carbonyl (C=O) groups excluding carboxylic acids is 1. The van der Waals surface area contributed by atoms with Crippen molar-refractivity contribution < 1.29 is 18.0 Å². The van der Waals surface area contributed by atoms with Gasteiger partial charge in [-0.1, -0.05) is 39.0 Å². The Morgan fingerprint density at radius 2 is 1.68 bits per heavy atom. The Labute approximate surface area is 199 Å². The van der Waals surface area contributed by atoms with Gasteiger partial charge in [0.25, 0.3) is 0 Å². The van der Waals surface area contributed by atoms with Crippen LogP contribution < -0.4 is 10.6 Å². The first-order valence-corrected chi connectivity index (χ1v) is 10.1. The molecule has 1 amide bonds. The van der Waals surface area contributed by atoms with E-state index < -0.39 is 17.2 Å². The fraction of sp³-hybridized carbons (Fsp3) is 0.619. The summed E-state index contributed by atoms with van der Waals surface area (Å²) in [4.78, 5) is 20.5. The van der Waals surface area contributed by atoms with Gasteiger partial charge in [-0.15, -0.1) is 24.0 Å². The molecule has 176 valence electrons. The van der Waals surface area contributed by atoms with Crippen LogP contribution in [0.5, 0.6) is 0 Å². The van der Waals surface area contributed by atoms with E-state index in [0.717, 1.165) is 38.2 Å². The summed E-state index contributed by atoms with van der Waals surface area (Å²) < 4.78 is 38.7. The second-order valence-corrected chi connectivity index (χ2v) is 8.44. The summed E-state index contributed by atoms with van der Waals surface area (Å²) in [6.45, 7) is 10.1. The summed E-state index contributed by atoms with van der Waals surface area (Å²) >= 11 is 0. The Kier molecular flexibility index (Phi) is 10.5. The maximum Gasteiger partial charge on any atom is 0.416 e. The van der Waals surface area contributed by atoms with Gasteiger partial charge >= 0.3 is 6.18 Å². The van der Waals surface area contributed by atoms with E-state index in [0.29, 0.717) is 25.2 Å². The second kappa shape index (κ2) is 11.9. The molecule has 2 N–H and O–H groups in total. The molecule has 1 aliphatic heterocycles. The fourth-order valence-corrected chi connectivity index (χ4v) is 3.17. The molecule has 1 fully saturated rings. The minimum absolute atomic E-state index is 0. The SMILES string of the molecule is CN=C(NCCNC(=O)C(C)(C)C)N1CCN(Cc2cccc(C(F)(F)F)c2)CC1.I. The molecular weight excluding hydrogens is 522 g/mol. The summed E-state index contributed by atoms with van der Waals surface area (Å²) in [6, 6.07) is 5.51. The molecule has 0 spiro atoms. The first kappa shape index (κ1) is 27.5. The largest absolute Gasteiger partial charge is 0.416 e. The van der Waals surface area contributed by atoms with E-state index in [1.54, 1.807) is 13.1 Å². The zero-order valence-electron chi connectivity index (χ0n) is 18.6. The second-order valence-electron chi connectivity index (χ2n) is 8.44. The number of aliphatic imine (C=N–C) groups is 1. The summed E-state index contributed by atoms with van der Waals surface area (Å²) in [5, 5.41) is 6.14. The molecule has 1 aromatic carbocycles. The van der Waals surface area contributed by atoms with Crippen LogP contribution in [0, 0.1) is 5.41 Å². The molecule has 10 heteroatoms. The smallest absolute Gasteiger partial charge is 0.354 e. The van der Waals surface area contributed by atoms with Crippen molar-refractivity contribution in [2.45, 2.75) is 33.5 Å². The highest BCUT2D eigenvalue weighted by Gasteiger charge is 2.30. The molecule has 1 heterocycles. The van der Waals surface area contributed by atoms with E-state index in [2.05, 4.69) is 25.4 Å². The van der Waals surface area contributed by atoms with Crippen LogP contribution in [0.2, 0.25) is 0 Å². The molecule has 1 aliphatic rings. The zero-order valence-corrected chi connectivity index (χ0v) is 20.9. The lowest BCUT2D eigenvalue weighted by Gasteiger charge is -2.36. The average Bonchev–Trinajstić information content (AvgIpc) is 2.67. The molecular formula is C21H33F3IN5O. The molecule has 0 atom stereocenters. The van der Waals surface area contributed by atoms with E-state index in [9.17, 15) is 18.0 Å². The molecule has 0 unspecified atom stereocenters. The van der Waals surface area contributed by atoms with Crippen molar-refractivity contribution in [3.05, 3.63) is 35.4 Å². The van der Waals surface area contributed by atoms with Crippen molar-refractivity contribution in [3.8, 4) is 0 Å². The number of halogens is 4. The molecule has 0 aliphatic carbocycles. The van der Waals surface area contributed by atoms with E-state index in [1.807, 2.05) is 20.8 Å². The standard InChI is InChI=1S/C21H32F3N5O.HI/c1-20(2,3)18(30)26-8-9-27-19(25-4)29-12-10-28(11-13-29)15-16-6-5-7-17(14-16)21(22,23)24;/h5-7,14H,8-13,15H2,1-4H3,(H,25,27)(H,26,30);1H. The topological polar surface area (TPSA) is 60.0 Å². The first-order chi connectivity index (χ1) is 14.0. The number of carbonyl (C=O) groups is 1. The summed E-state index contributed by atoms with van der Waals surface area (Å²) in [6.07, 6.45) is -4.32. The van der Waals surface area contributed by atoms with Gasteiger partial charge < -0.3 is 15.5 Å². The van der Waals surface area contributed by atoms with E-state index >= 15 is 0 Å². The number of benzene rings is 1. The molecule has 6 nitrogen and oxygen atoms in total. The molecule has 31 heavy (non-hydrogen) atoms. The van der Waals surface area contributed by atoms with Crippen molar-refractivity contribution in [1.29, 1.82) is 0 Å². The molecule has 2 rings (SSSR count). The Balaban J connectivity index is 0.00000480. The quantitative estimate of drug-likeness (QED) is 0.254. The first-order valence-electron chi connectivity index (χ1n) is 10.1. The Morgan fingerprint density at radius 1 is 1.06 bits per heavy atom. The predicted molar refractivity (Wildman–Crippen MR) is 128 cm³/mol. The van der Waals surface area contributed by atoms with E-state index in [4.69, 9.17) is 0 Å². The minimum Gasteiger partial charge on any atom is -0.354 e. The third kappa shape index (κ3) is 8.83. The van der Waals surface area contributed by atoms with Gasteiger partial charge in [-0.05, 0) is 11.6 Å². The Hall–Kier alpha value is -1.56. The summed E-state index contributed by atoms with van der Waals surface area (Å²) in [5.74, 6) is 0.765. The normalized spacial score (nSPS) is 16.0. The number of nitrogens with one attached hydrogen (secondary N) is 2. The van der Waals surface area contributed by atoms with E-state index in [-0.39, 0.29) is 29.9 Å². The van der Waals surface area contributed by atoms with Crippen molar-refractivity contribution in [2.75, 3.05) is 46.3 Å². The number of amides is 1. The number of nitrogens with zero attached hydrogens (tertiary/aromatic N) is 3. The fourth-order valence-electron chi connectivity index (χ4n) is 3.17. The maximum absolute atomic E-state index is 12.9. The van der Waals surface area contributed by atoms with Crippen LogP contribution in [0.15, 0.2) is 29.3 Å². The van der Waals surface area contributed by atoms with Crippen LogP contribution in [0.4, 0.5) is 13.2 Å². The number of guanidine groups is 1. The van der Waals surface area contributed by atoms with Gasteiger partial charge in [0.1, 0.15) is 0 Å². The highest BCUT2D eigenvalue weighted by molar-refractivity contribution is 14.0. The van der Waals surface area contributed by atoms with Crippen LogP contribution in [-0.4, -0.2) is 68.0 Å². The van der Waals surface area contributed by atoms with Crippen molar-refractivity contribution in [3.63, 3.8) is 0 Å². The van der Waals surface area contributed by atoms with Crippen molar-refractivity contribution >= 4 is 35.8 Å². The predicted octanol–water partition coefficient (Wildman–Crippen LogP) is 3.18. The Bertz CT molecular complexity index is 741. The highest BCUT2D eigenvalue weighted by atomic mass is 127. The Morgan fingerprint density at radius 3 is 2.23 bits per heavy atom. The lowest BCUT2D eigenvalue weighted by molar-refractivity contribution is -0.137. The minimum atomic E-state index is -4.32. The van der Waals surface area contributed by atoms with Crippen molar-refractivity contribution in [1.82, 2.24) is 20.4 Å². The molecule has 0 saturated carbocycles. The highest BCUT2D eigenvalue weighted by Crippen LogP contribution is 2.29. The van der Waals surface area contributed by atoms with Crippen LogP contribution in [0.25, 0.3) is 0 Å². The lowest BCUT2D eigenvalue weighted by Crippen LogP contribution is -2.53. The average molecular weight is 555 g/mol. The number of alkyl halides is 3. The third-order valence-electron chi connectivity index (χ3n) is 4.92. The number of hydrogen-bond donors (Lipinski definition) is 2. The maximum atomic E-state index is 12.9. The van der Waals surface area contributed by atoms with Gasteiger partial charge in [0.2, 0.25) is 5.91 Å². The molecule has 0 aromatic heterocycles. The van der Waals surface area contributed by atoms with Gasteiger partial charge in [-0.2, -0.15) is 13.2 Å². The monoisotopic (exact) mass is 555 g/mol. The van der Waals surface area contributed by atoms with E-state index in [1.165, 1.54) is 12.1 Å². The summed E-state index contributed by atoms with van der Waals surface area (Å²) in [7, 11) is 1.71. The van der Waals surface area contributed by atoms with Crippen LogP contribution in [0.3, 0.4) is 0 Å². The van der Waals surface area contributed by atoms with Gasteiger partial charge in [0, 0.05) is 58.3 Å².